The summed E-state index contributed by atoms with van der Waals surface area (Å²) in [7, 11) is 0. The van der Waals surface area contributed by atoms with E-state index in [1.807, 2.05) is 18.2 Å². The second-order valence-corrected chi connectivity index (χ2v) is 6.20. The number of benzene rings is 1. The maximum Gasteiger partial charge on any atom is 0.167 e. The van der Waals surface area contributed by atoms with Crippen molar-refractivity contribution >= 4 is 11.0 Å². The fourth-order valence-corrected chi connectivity index (χ4v) is 2.03. The highest BCUT2D eigenvalue weighted by Crippen LogP contribution is 2.28. The average molecular weight is 275 g/mol. The van der Waals surface area contributed by atoms with Crippen LogP contribution in [0.15, 0.2) is 28.8 Å². The SMILES string of the molecule is CCC.CCC(C)(C)CCCc1noc2ccccc12. The molecule has 0 N–H and O–H groups in total. The summed E-state index contributed by atoms with van der Waals surface area (Å²) < 4.78 is 5.31. The van der Waals surface area contributed by atoms with E-state index in [0.29, 0.717) is 5.41 Å². The molecule has 0 unspecified atom stereocenters. The van der Waals surface area contributed by atoms with Crippen molar-refractivity contribution in [3.8, 4) is 0 Å². The normalized spacial score (nSPS) is 11.2. The first kappa shape index (κ1) is 16.7. The van der Waals surface area contributed by atoms with Crippen LogP contribution in [0.1, 0.15) is 66.0 Å². The minimum Gasteiger partial charge on any atom is -0.356 e. The van der Waals surface area contributed by atoms with Crippen LogP contribution >= 0.6 is 0 Å². The Hall–Kier alpha value is -1.31. The smallest absolute Gasteiger partial charge is 0.167 e. The molecule has 2 heteroatoms. The highest BCUT2D eigenvalue weighted by Gasteiger charge is 2.15. The molecule has 2 rings (SSSR count). The van der Waals surface area contributed by atoms with Crippen LogP contribution in [0, 0.1) is 5.41 Å². The van der Waals surface area contributed by atoms with E-state index in [0.717, 1.165) is 17.7 Å². The summed E-state index contributed by atoms with van der Waals surface area (Å²) in [5, 5.41) is 5.33. The molecule has 0 bridgehead atoms. The largest absolute Gasteiger partial charge is 0.356 e. The first-order chi connectivity index (χ1) is 9.54. The highest BCUT2D eigenvalue weighted by molar-refractivity contribution is 5.79. The minimum absolute atomic E-state index is 0.444. The predicted octanol–water partition coefficient (Wildman–Crippen LogP) is 6.00. The molecular weight excluding hydrogens is 246 g/mol. The second-order valence-electron chi connectivity index (χ2n) is 6.20. The van der Waals surface area contributed by atoms with Crippen LogP contribution in [0.25, 0.3) is 11.0 Å². The van der Waals surface area contributed by atoms with Gasteiger partial charge >= 0.3 is 0 Å². The maximum absolute atomic E-state index is 5.31. The van der Waals surface area contributed by atoms with Crippen molar-refractivity contribution in [3.05, 3.63) is 30.0 Å². The van der Waals surface area contributed by atoms with Gasteiger partial charge in [-0.1, -0.05) is 64.7 Å². The van der Waals surface area contributed by atoms with Gasteiger partial charge in [-0.05, 0) is 36.8 Å². The Bertz CT molecular complexity index is 499. The van der Waals surface area contributed by atoms with Crippen LogP contribution in [-0.4, -0.2) is 5.16 Å². The zero-order valence-electron chi connectivity index (χ0n) is 13.7. The van der Waals surface area contributed by atoms with Gasteiger partial charge in [0.2, 0.25) is 0 Å². The van der Waals surface area contributed by atoms with Gasteiger partial charge in [-0.2, -0.15) is 0 Å². The summed E-state index contributed by atoms with van der Waals surface area (Å²) in [6.07, 6.45) is 5.91. The van der Waals surface area contributed by atoms with Gasteiger partial charge in [0.25, 0.3) is 0 Å². The molecule has 0 spiro atoms. The van der Waals surface area contributed by atoms with Gasteiger partial charge in [0.05, 0.1) is 5.69 Å². The summed E-state index contributed by atoms with van der Waals surface area (Å²) in [5.74, 6) is 0. The van der Waals surface area contributed by atoms with Crippen molar-refractivity contribution in [1.29, 1.82) is 0 Å². The molecule has 112 valence electrons. The quantitative estimate of drug-likeness (QED) is 0.668. The monoisotopic (exact) mass is 275 g/mol. The van der Waals surface area contributed by atoms with Crippen LogP contribution in [0.4, 0.5) is 0 Å². The van der Waals surface area contributed by atoms with Gasteiger partial charge in [-0.3, -0.25) is 0 Å². The zero-order chi connectivity index (χ0) is 15.0. The molecule has 0 fully saturated rings. The highest BCUT2D eigenvalue weighted by atomic mass is 16.5. The standard InChI is InChI=1S/C15H21NO.C3H8/c1-4-15(2,3)11-7-9-13-12-8-5-6-10-14(12)17-16-13;1-3-2/h5-6,8,10H,4,7,9,11H2,1-3H3;3H2,1-2H3. The Labute approximate surface area is 123 Å². The summed E-state index contributed by atoms with van der Waals surface area (Å²) >= 11 is 0. The molecule has 0 aliphatic heterocycles. The first-order valence-electron chi connectivity index (χ1n) is 7.87. The van der Waals surface area contributed by atoms with E-state index >= 15 is 0 Å². The van der Waals surface area contributed by atoms with Crippen molar-refractivity contribution in [2.75, 3.05) is 0 Å². The van der Waals surface area contributed by atoms with Crippen molar-refractivity contribution in [2.24, 2.45) is 5.41 Å². The van der Waals surface area contributed by atoms with E-state index < -0.39 is 0 Å². The number of hydrogen-bond donors (Lipinski definition) is 0. The summed E-state index contributed by atoms with van der Waals surface area (Å²) in [5.41, 5.74) is 2.45. The lowest BCUT2D eigenvalue weighted by Gasteiger charge is -2.21. The number of aryl methyl sites for hydroxylation is 1. The van der Waals surface area contributed by atoms with Crippen molar-refractivity contribution < 1.29 is 4.52 Å². The van der Waals surface area contributed by atoms with Crippen LogP contribution in [0.2, 0.25) is 0 Å². The Balaban J connectivity index is 0.000000612. The van der Waals surface area contributed by atoms with Crippen LogP contribution < -0.4 is 0 Å². The van der Waals surface area contributed by atoms with Crippen molar-refractivity contribution in [3.63, 3.8) is 0 Å². The summed E-state index contributed by atoms with van der Waals surface area (Å²) in [4.78, 5) is 0. The molecule has 0 atom stereocenters. The van der Waals surface area contributed by atoms with E-state index in [9.17, 15) is 0 Å². The first-order valence-corrected chi connectivity index (χ1v) is 7.87. The summed E-state index contributed by atoms with van der Waals surface area (Å²) in [6.45, 7) is 11.2. The van der Waals surface area contributed by atoms with Crippen LogP contribution in [0.3, 0.4) is 0 Å². The van der Waals surface area contributed by atoms with E-state index in [1.165, 1.54) is 31.1 Å². The second kappa shape index (κ2) is 8.08. The van der Waals surface area contributed by atoms with Gasteiger partial charge in [-0.25, -0.2) is 0 Å². The van der Waals surface area contributed by atoms with Gasteiger partial charge < -0.3 is 4.52 Å². The van der Waals surface area contributed by atoms with Gasteiger partial charge in [0.15, 0.2) is 5.58 Å². The summed E-state index contributed by atoms with van der Waals surface area (Å²) in [6, 6.07) is 8.09. The topological polar surface area (TPSA) is 26.0 Å². The Morgan fingerprint density at radius 3 is 2.40 bits per heavy atom. The molecule has 0 radical (unpaired) electrons. The Morgan fingerprint density at radius 1 is 1.10 bits per heavy atom. The average Bonchev–Trinajstić information content (AvgIpc) is 2.83. The van der Waals surface area contributed by atoms with Gasteiger partial charge in [-0.15, -0.1) is 0 Å². The number of fused-ring (bicyclic) bond motifs is 1. The third kappa shape index (κ3) is 4.99. The maximum atomic E-state index is 5.31. The molecule has 2 aromatic rings. The van der Waals surface area contributed by atoms with Crippen molar-refractivity contribution in [2.45, 2.75) is 66.7 Å². The van der Waals surface area contributed by atoms with Gasteiger partial charge in [0.1, 0.15) is 0 Å². The molecule has 1 heterocycles. The molecule has 0 amide bonds. The number of aromatic nitrogens is 1. The molecule has 0 aliphatic rings. The van der Waals surface area contributed by atoms with E-state index in [4.69, 9.17) is 4.52 Å². The molecule has 2 nitrogen and oxygen atoms in total. The minimum atomic E-state index is 0.444. The number of hydrogen-bond acceptors (Lipinski definition) is 2. The fraction of sp³-hybridized carbons (Fsp3) is 0.611. The Morgan fingerprint density at radius 2 is 1.75 bits per heavy atom. The lowest BCUT2D eigenvalue weighted by atomic mass is 9.84. The molecule has 1 aromatic heterocycles. The Kier molecular flexibility index (Phi) is 6.77. The molecular formula is C18H29NO. The number of para-hydroxylation sites is 1. The van der Waals surface area contributed by atoms with Crippen LogP contribution in [0.5, 0.6) is 0 Å². The molecule has 0 aliphatic carbocycles. The molecule has 20 heavy (non-hydrogen) atoms. The van der Waals surface area contributed by atoms with E-state index in [1.54, 1.807) is 0 Å². The molecule has 0 saturated carbocycles. The van der Waals surface area contributed by atoms with Crippen molar-refractivity contribution in [1.82, 2.24) is 5.16 Å². The molecule has 0 saturated heterocycles. The van der Waals surface area contributed by atoms with Gasteiger partial charge in [0, 0.05) is 5.39 Å². The molecule has 1 aromatic carbocycles. The third-order valence-electron chi connectivity index (χ3n) is 3.68. The predicted molar refractivity (Wildman–Crippen MR) is 87.0 cm³/mol. The number of rotatable bonds is 5. The van der Waals surface area contributed by atoms with E-state index in [-0.39, 0.29) is 0 Å². The fourth-order valence-electron chi connectivity index (χ4n) is 2.03. The lowest BCUT2D eigenvalue weighted by Crippen LogP contribution is -2.09. The zero-order valence-corrected chi connectivity index (χ0v) is 13.7. The van der Waals surface area contributed by atoms with E-state index in [2.05, 4.69) is 45.8 Å². The number of nitrogens with zero attached hydrogens (tertiary/aromatic N) is 1. The van der Waals surface area contributed by atoms with Crippen LogP contribution in [-0.2, 0) is 6.42 Å². The third-order valence-corrected chi connectivity index (χ3v) is 3.68. The lowest BCUT2D eigenvalue weighted by molar-refractivity contribution is 0.311.